The Morgan fingerprint density at radius 3 is 2.84 bits per heavy atom. The highest BCUT2D eigenvalue weighted by molar-refractivity contribution is 6.02. The summed E-state index contributed by atoms with van der Waals surface area (Å²) in [7, 11) is 0. The smallest absolute Gasteiger partial charge is 0.141 e. The summed E-state index contributed by atoms with van der Waals surface area (Å²) < 4.78 is 5.85. The molecular weight excluding hydrogens is 238 g/mol. The molecule has 0 aliphatic carbocycles. The molecule has 0 saturated heterocycles. The highest BCUT2D eigenvalue weighted by Gasteiger charge is 2.12. The van der Waals surface area contributed by atoms with E-state index in [1.807, 2.05) is 24.3 Å². The minimum atomic E-state index is -0.0104. The molecule has 100 valence electrons. The molecule has 19 heavy (non-hydrogen) atoms. The second-order valence-electron chi connectivity index (χ2n) is 4.49. The van der Waals surface area contributed by atoms with Crippen molar-refractivity contribution in [2.24, 2.45) is 5.73 Å². The summed E-state index contributed by atoms with van der Waals surface area (Å²) in [4.78, 5) is 4.31. The van der Waals surface area contributed by atoms with Crippen molar-refractivity contribution >= 4 is 16.7 Å². The van der Waals surface area contributed by atoms with Crippen molar-refractivity contribution in [2.75, 3.05) is 6.61 Å². The Kier molecular flexibility index (Phi) is 4.34. The van der Waals surface area contributed by atoms with Gasteiger partial charge in [-0.3, -0.25) is 10.4 Å². The summed E-state index contributed by atoms with van der Waals surface area (Å²) in [6.45, 7) is 2.80. The quantitative estimate of drug-likeness (QED) is 0.474. The SMILES string of the molecule is CCCCCOc1c(C(=N)N)cnc2ccccc12. The van der Waals surface area contributed by atoms with Crippen molar-refractivity contribution < 1.29 is 4.74 Å². The van der Waals surface area contributed by atoms with Gasteiger partial charge in [-0.05, 0) is 18.6 Å². The third kappa shape index (κ3) is 3.02. The molecule has 1 aromatic heterocycles. The summed E-state index contributed by atoms with van der Waals surface area (Å²) in [5, 5.41) is 8.53. The second-order valence-corrected chi connectivity index (χ2v) is 4.49. The molecular formula is C15H19N3O. The first-order chi connectivity index (χ1) is 9.24. The molecule has 0 unspecified atom stereocenters. The first-order valence-electron chi connectivity index (χ1n) is 6.59. The van der Waals surface area contributed by atoms with Crippen LogP contribution < -0.4 is 10.5 Å². The lowest BCUT2D eigenvalue weighted by atomic mass is 10.1. The van der Waals surface area contributed by atoms with Crippen LogP contribution in [0.1, 0.15) is 31.7 Å². The molecule has 0 amide bonds. The number of aromatic nitrogens is 1. The van der Waals surface area contributed by atoms with Crippen LogP contribution in [0.4, 0.5) is 0 Å². The van der Waals surface area contributed by atoms with Gasteiger partial charge in [-0.15, -0.1) is 0 Å². The topological polar surface area (TPSA) is 72.0 Å². The summed E-state index contributed by atoms with van der Waals surface area (Å²) in [6, 6.07) is 7.75. The van der Waals surface area contributed by atoms with Crippen molar-refractivity contribution in [2.45, 2.75) is 26.2 Å². The van der Waals surface area contributed by atoms with Gasteiger partial charge in [0.05, 0.1) is 17.7 Å². The zero-order chi connectivity index (χ0) is 13.7. The third-order valence-corrected chi connectivity index (χ3v) is 3.01. The summed E-state index contributed by atoms with van der Waals surface area (Å²) in [5.41, 5.74) is 7.02. The van der Waals surface area contributed by atoms with E-state index in [9.17, 15) is 0 Å². The van der Waals surface area contributed by atoms with Gasteiger partial charge in [0.2, 0.25) is 0 Å². The molecule has 4 nitrogen and oxygen atoms in total. The number of nitrogens with zero attached hydrogens (tertiary/aromatic N) is 1. The molecule has 0 radical (unpaired) electrons. The predicted octanol–water partition coefficient (Wildman–Crippen LogP) is 3.09. The number of para-hydroxylation sites is 1. The van der Waals surface area contributed by atoms with Crippen molar-refractivity contribution in [3.05, 3.63) is 36.0 Å². The fourth-order valence-corrected chi connectivity index (χ4v) is 1.99. The third-order valence-electron chi connectivity index (χ3n) is 3.01. The van der Waals surface area contributed by atoms with Gasteiger partial charge in [-0.2, -0.15) is 0 Å². The van der Waals surface area contributed by atoms with Crippen LogP contribution >= 0.6 is 0 Å². The Bertz CT molecular complexity index is 581. The molecule has 0 aliphatic rings. The van der Waals surface area contributed by atoms with Gasteiger partial charge in [0.1, 0.15) is 11.6 Å². The van der Waals surface area contributed by atoms with Crippen LogP contribution in [0, 0.1) is 5.41 Å². The van der Waals surface area contributed by atoms with Crippen LogP contribution in [-0.2, 0) is 0 Å². The van der Waals surface area contributed by atoms with Crippen molar-refractivity contribution in [3.63, 3.8) is 0 Å². The predicted molar refractivity (Wildman–Crippen MR) is 77.8 cm³/mol. The molecule has 0 bridgehead atoms. The molecule has 1 heterocycles. The molecule has 0 spiro atoms. The maximum Gasteiger partial charge on any atom is 0.141 e. The fraction of sp³-hybridized carbons (Fsp3) is 0.333. The van der Waals surface area contributed by atoms with Crippen LogP contribution in [0.5, 0.6) is 5.75 Å². The number of hydrogen-bond donors (Lipinski definition) is 2. The number of nitrogens with one attached hydrogen (secondary N) is 1. The van der Waals surface area contributed by atoms with E-state index >= 15 is 0 Å². The van der Waals surface area contributed by atoms with E-state index in [0.29, 0.717) is 17.9 Å². The first kappa shape index (κ1) is 13.3. The number of amidine groups is 1. The summed E-state index contributed by atoms with van der Waals surface area (Å²) in [5.74, 6) is 0.665. The zero-order valence-electron chi connectivity index (χ0n) is 11.1. The Hall–Kier alpha value is -2.10. The minimum absolute atomic E-state index is 0.0104. The van der Waals surface area contributed by atoms with Crippen LogP contribution in [0.2, 0.25) is 0 Å². The van der Waals surface area contributed by atoms with Crippen LogP contribution in [-0.4, -0.2) is 17.4 Å². The van der Waals surface area contributed by atoms with Crippen LogP contribution in [0.25, 0.3) is 10.9 Å². The Labute approximate surface area is 113 Å². The largest absolute Gasteiger partial charge is 0.492 e. The van der Waals surface area contributed by atoms with Gasteiger partial charge >= 0.3 is 0 Å². The second kappa shape index (κ2) is 6.18. The molecule has 0 fully saturated rings. The molecule has 1 aromatic carbocycles. The monoisotopic (exact) mass is 257 g/mol. The number of fused-ring (bicyclic) bond motifs is 1. The van der Waals surface area contributed by atoms with Gasteiger partial charge in [-0.1, -0.05) is 31.9 Å². The highest BCUT2D eigenvalue weighted by atomic mass is 16.5. The van der Waals surface area contributed by atoms with Gasteiger partial charge in [0, 0.05) is 11.6 Å². The van der Waals surface area contributed by atoms with Gasteiger partial charge in [0.15, 0.2) is 0 Å². The van der Waals surface area contributed by atoms with Crippen molar-refractivity contribution in [1.29, 1.82) is 5.41 Å². The zero-order valence-corrected chi connectivity index (χ0v) is 11.1. The van der Waals surface area contributed by atoms with E-state index < -0.39 is 0 Å². The van der Waals surface area contributed by atoms with E-state index in [-0.39, 0.29) is 5.84 Å². The number of benzene rings is 1. The van der Waals surface area contributed by atoms with Crippen LogP contribution in [0.15, 0.2) is 30.5 Å². The molecule has 2 aromatic rings. The first-order valence-corrected chi connectivity index (χ1v) is 6.59. The van der Waals surface area contributed by atoms with E-state index in [0.717, 1.165) is 30.2 Å². The molecule has 0 atom stereocenters. The van der Waals surface area contributed by atoms with E-state index in [1.165, 1.54) is 0 Å². The Balaban J connectivity index is 2.35. The number of nitrogen functional groups attached to an aromatic ring is 1. The lowest BCUT2D eigenvalue weighted by molar-refractivity contribution is 0.309. The molecule has 3 N–H and O–H groups in total. The van der Waals surface area contributed by atoms with Crippen molar-refractivity contribution in [3.8, 4) is 5.75 Å². The normalized spacial score (nSPS) is 10.6. The summed E-state index contributed by atoms with van der Waals surface area (Å²) >= 11 is 0. The average Bonchev–Trinajstić information content (AvgIpc) is 2.43. The van der Waals surface area contributed by atoms with Crippen LogP contribution in [0.3, 0.4) is 0 Å². The summed E-state index contributed by atoms with van der Waals surface area (Å²) in [6.07, 6.45) is 4.91. The van der Waals surface area contributed by atoms with Gasteiger partial charge in [-0.25, -0.2) is 0 Å². The molecule has 4 heteroatoms. The number of nitrogens with two attached hydrogens (primary N) is 1. The number of ether oxygens (including phenoxy) is 1. The van der Waals surface area contributed by atoms with Gasteiger partial charge < -0.3 is 10.5 Å². The molecule has 2 rings (SSSR count). The van der Waals surface area contributed by atoms with E-state index in [2.05, 4.69) is 11.9 Å². The van der Waals surface area contributed by atoms with Crippen molar-refractivity contribution in [1.82, 2.24) is 4.98 Å². The Morgan fingerprint density at radius 1 is 1.32 bits per heavy atom. The fourth-order valence-electron chi connectivity index (χ4n) is 1.99. The minimum Gasteiger partial charge on any atom is -0.492 e. The number of unbranched alkanes of at least 4 members (excludes halogenated alkanes) is 2. The lowest BCUT2D eigenvalue weighted by Crippen LogP contribution is -2.14. The average molecular weight is 257 g/mol. The number of rotatable bonds is 6. The Morgan fingerprint density at radius 2 is 2.11 bits per heavy atom. The maximum absolute atomic E-state index is 7.63. The number of hydrogen-bond acceptors (Lipinski definition) is 3. The maximum atomic E-state index is 7.63. The molecule has 0 aliphatic heterocycles. The number of pyridine rings is 1. The van der Waals surface area contributed by atoms with E-state index in [1.54, 1.807) is 6.20 Å². The highest BCUT2D eigenvalue weighted by Crippen LogP contribution is 2.28. The lowest BCUT2D eigenvalue weighted by Gasteiger charge is -2.13. The molecule has 0 saturated carbocycles. The van der Waals surface area contributed by atoms with Gasteiger partial charge in [0.25, 0.3) is 0 Å². The van der Waals surface area contributed by atoms with E-state index in [4.69, 9.17) is 15.9 Å². The standard InChI is InChI=1S/C15H19N3O/c1-2-3-6-9-19-14-11-7-4-5-8-13(11)18-10-12(14)15(16)17/h4-5,7-8,10H,2-3,6,9H2,1H3,(H3,16,17).